The molecule has 0 fully saturated rings. The Hall–Kier alpha value is -1.96. The minimum absolute atomic E-state index is 0.0631. The summed E-state index contributed by atoms with van der Waals surface area (Å²) in [6.45, 7) is 3.55. The maximum atomic E-state index is 11.5. The third-order valence-electron chi connectivity index (χ3n) is 2.66. The minimum Gasteiger partial charge on any atom is -0.358 e. The fourth-order valence-corrected chi connectivity index (χ4v) is 1.61. The molecule has 106 valence electrons. The normalized spacial score (nSPS) is 10.4. The Morgan fingerprint density at radius 1 is 1.53 bits per heavy atom. The van der Waals surface area contributed by atoms with E-state index in [4.69, 9.17) is 0 Å². The predicted octanol–water partition coefficient (Wildman–Crippen LogP) is 0.216. The third kappa shape index (κ3) is 5.04. The summed E-state index contributed by atoms with van der Waals surface area (Å²) in [5.41, 5.74) is 0. The molecule has 8 nitrogen and oxygen atoms in total. The molecule has 8 heteroatoms. The lowest BCUT2D eigenvalue weighted by molar-refractivity contribution is -0.389. The van der Waals surface area contributed by atoms with Crippen LogP contribution >= 0.6 is 0 Å². The van der Waals surface area contributed by atoms with Gasteiger partial charge in [0.1, 0.15) is 6.20 Å². The lowest BCUT2D eigenvalue weighted by atomic mass is 10.3. The highest BCUT2D eigenvalue weighted by Gasteiger charge is 2.15. The monoisotopic (exact) mass is 269 g/mol. The van der Waals surface area contributed by atoms with E-state index in [-0.39, 0.29) is 18.1 Å². The van der Waals surface area contributed by atoms with Crippen molar-refractivity contribution in [3.05, 3.63) is 22.1 Å². The standard InChI is InChI=1S/C11H19N5O3/c1-9-14-10(16(18)19)8-15(9)7-4-11(17)13-6-3-5-12-2/h8,12H,3-7H2,1-2H3,(H,13,17). The molecule has 0 aliphatic rings. The number of hydrogen-bond acceptors (Lipinski definition) is 5. The van der Waals surface area contributed by atoms with Gasteiger partial charge in [0.2, 0.25) is 11.7 Å². The van der Waals surface area contributed by atoms with E-state index in [9.17, 15) is 14.9 Å². The number of aromatic nitrogens is 2. The van der Waals surface area contributed by atoms with E-state index in [1.807, 2.05) is 7.05 Å². The zero-order valence-electron chi connectivity index (χ0n) is 11.2. The number of aryl methyl sites for hydroxylation is 2. The smallest absolute Gasteiger partial charge is 0.358 e. The van der Waals surface area contributed by atoms with Gasteiger partial charge in [-0.1, -0.05) is 0 Å². The number of carbonyl (C=O) groups excluding carboxylic acids is 1. The van der Waals surface area contributed by atoms with Crippen LogP contribution in [0.3, 0.4) is 0 Å². The van der Waals surface area contributed by atoms with Crippen LogP contribution in [0.15, 0.2) is 6.20 Å². The summed E-state index contributed by atoms with van der Waals surface area (Å²) in [5.74, 6) is 0.286. The van der Waals surface area contributed by atoms with Crippen molar-refractivity contribution in [3.8, 4) is 0 Å². The van der Waals surface area contributed by atoms with Gasteiger partial charge in [0, 0.05) is 26.4 Å². The summed E-state index contributed by atoms with van der Waals surface area (Å²) in [6, 6.07) is 0. The molecule has 0 aliphatic heterocycles. The highest BCUT2D eigenvalue weighted by Crippen LogP contribution is 2.10. The van der Waals surface area contributed by atoms with Gasteiger partial charge in [-0.15, -0.1) is 0 Å². The lowest BCUT2D eigenvalue weighted by Crippen LogP contribution is -2.27. The molecule has 0 spiro atoms. The molecule has 0 atom stereocenters. The fourth-order valence-electron chi connectivity index (χ4n) is 1.61. The van der Waals surface area contributed by atoms with Crippen LogP contribution in [0, 0.1) is 17.0 Å². The van der Waals surface area contributed by atoms with Crippen LogP contribution < -0.4 is 10.6 Å². The van der Waals surface area contributed by atoms with Crippen molar-refractivity contribution in [3.63, 3.8) is 0 Å². The second-order valence-electron chi connectivity index (χ2n) is 4.15. The van der Waals surface area contributed by atoms with Crippen LogP contribution in [0.4, 0.5) is 5.82 Å². The van der Waals surface area contributed by atoms with Crippen LogP contribution in [0.1, 0.15) is 18.7 Å². The highest BCUT2D eigenvalue weighted by atomic mass is 16.6. The molecule has 2 N–H and O–H groups in total. The van der Waals surface area contributed by atoms with Gasteiger partial charge >= 0.3 is 5.82 Å². The van der Waals surface area contributed by atoms with E-state index < -0.39 is 4.92 Å². The van der Waals surface area contributed by atoms with Crippen molar-refractivity contribution in [2.45, 2.75) is 26.3 Å². The molecule has 0 aromatic carbocycles. The topological polar surface area (TPSA) is 102 Å². The predicted molar refractivity (Wildman–Crippen MR) is 69.8 cm³/mol. The largest absolute Gasteiger partial charge is 0.381 e. The molecule has 0 saturated heterocycles. The van der Waals surface area contributed by atoms with E-state index in [0.717, 1.165) is 13.0 Å². The van der Waals surface area contributed by atoms with Crippen molar-refractivity contribution in [1.82, 2.24) is 20.2 Å². The van der Waals surface area contributed by atoms with Crippen LogP contribution in [-0.4, -0.2) is 40.5 Å². The van der Waals surface area contributed by atoms with Gasteiger partial charge in [0.05, 0.1) is 0 Å². The van der Waals surface area contributed by atoms with Crippen molar-refractivity contribution >= 4 is 11.7 Å². The maximum Gasteiger partial charge on any atom is 0.381 e. The van der Waals surface area contributed by atoms with Gasteiger partial charge < -0.3 is 25.3 Å². The summed E-state index contributed by atoms with van der Waals surface area (Å²) >= 11 is 0. The third-order valence-corrected chi connectivity index (χ3v) is 2.66. The number of amides is 1. The lowest BCUT2D eigenvalue weighted by Gasteiger charge is -2.05. The first kappa shape index (κ1) is 15.1. The SMILES string of the molecule is CNCCCNC(=O)CCn1cc([N+](=O)[O-])nc1C. The van der Waals surface area contributed by atoms with Gasteiger partial charge in [-0.3, -0.25) is 4.79 Å². The maximum absolute atomic E-state index is 11.5. The zero-order valence-corrected chi connectivity index (χ0v) is 11.2. The molecule has 1 heterocycles. The van der Waals surface area contributed by atoms with Crippen LogP contribution in [0.5, 0.6) is 0 Å². The number of imidazole rings is 1. The fraction of sp³-hybridized carbons (Fsp3) is 0.636. The molecule has 1 aromatic heterocycles. The Kier molecular flexibility index (Phi) is 5.94. The zero-order chi connectivity index (χ0) is 14.3. The van der Waals surface area contributed by atoms with E-state index in [0.29, 0.717) is 18.9 Å². The molecular weight excluding hydrogens is 250 g/mol. The van der Waals surface area contributed by atoms with Crippen molar-refractivity contribution < 1.29 is 9.72 Å². The number of hydrogen-bond donors (Lipinski definition) is 2. The quantitative estimate of drug-likeness (QED) is 0.399. The summed E-state index contributed by atoms with van der Waals surface area (Å²) in [5, 5.41) is 16.3. The number of nitrogens with one attached hydrogen (secondary N) is 2. The molecule has 0 saturated carbocycles. The first-order chi connectivity index (χ1) is 9.04. The van der Waals surface area contributed by atoms with Crippen LogP contribution in [-0.2, 0) is 11.3 Å². The van der Waals surface area contributed by atoms with E-state index in [2.05, 4.69) is 15.6 Å². The van der Waals surface area contributed by atoms with E-state index in [1.165, 1.54) is 6.20 Å². The average molecular weight is 269 g/mol. The molecule has 0 aliphatic carbocycles. The van der Waals surface area contributed by atoms with Crippen LogP contribution in [0.2, 0.25) is 0 Å². The van der Waals surface area contributed by atoms with Gasteiger partial charge in [-0.2, -0.15) is 0 Å². The Morgan fingerprint density at radius 2 is 2.26 bits per heavy atom. The molecule has 1 amide bonds. The Balaban J connectivity index is 2.35. The van der Waals surface area contributed by atoms with Crippen molar-refractivity contribution in [2.24, 2.45) is 0 Å². The molecule has 0 bridgehead atoms. The number of carbonyl (C=O) groups is 1. The second kappa shape index (κ2) is 7.47. The van der Waals surface area contributed by atoms with Gasteiger partial charge in [0.15, 0.2) is 0 Å². The molecule has 1 aromatic rings. The van der Waals surface area contributed by atoms with Crippen molar-refractivity contribution in [2.75, 3.05) is 20.1 Å². The van der Waals surface area contributed by atoms with E-state index in [1.54, 1.807) is 11.5 Å². The molecule has 0 radical (unpaired) electrons. The molecular formula is C11H19N5O3. The number of rotatable bonds is 8. The Labute approximate surface area is 111 Å². The average Bonchev–Trinajstić information content (AvgIpc) is 2.74. The summed E-state index contributed by atoms with van der Waals surface area (Å²) in [4.78, 5) is 25.3. The number of nitrogens with zero attached hydrogens (tertiary/aromatic N) is 3. The second-order valence-corrected chi connectivity index (χ2v) is 4.15. The summed E-state index contributed by atoms with van der Waals surface area (Å²) in [7, 11) is 1.86. The minimum atomic E-state index is -0.540. The van der Waals surface area contributed by atoms with Gasteiger partial charge in [-0.05, 0) is 29.9 Å². The molecule has 1 rings (SSSR count). The van der Waals surface area contributed by atoms with Crippen molar-refractivity contribution in [1.29, 1.82) is 0 Å². The van der Waals surface area contributed by atoms with Gasteiger partial charge in [0.25, 0.3) is 0 Å². The molecule has 19 heavy (non-hydrogen) atoms. The van der Waals surface area contributed by atoms with E-state index >= 15 is 0 Å². The number of nitro groups is 1. The first-order valence-corrected chi connectivity index (χ1v) is 6.14. The highest BCUT2D eigenvalue weighted by molar-refractivity contribution is 5.75. The van der Waals surface area contributed by atoms with Crippen LogP contribution in [0.25, 0.3) is 0 Å². The Bertz CT molecular complexity index is 444. The summed E-state index contributed by atoms with van der Waals surface area (Å²) in [6.07, 6.45) is 2.51. The summed E-state index contributed by atoms with van der Waals surface area (Å²) < 4.78 is 1.62. The molecule has 0 unspecified atom stereocenters. The Morgan fingerprint density at radius 3 is 2.84 bits per heavy atom. The first-order valence-electron chi connectivity index (χ1n) is 6.14. The van der Waals surface area contributed by atoms with Gasteiger partial charge in [-0.25, -0.2) is 0 Å².